The molecule has 1 aliphatic heterocycles. The van der Waals surface area contributed by atoms with Crippen LogP contribution in [0, 0.1) is 0 Å². The second-order valence-electron chi connectivity index (χ2n) is 5.79. The molecule has 0 amide bonds. The molecule has 0 aromatic heterocycles. The molecule has 3 heteroatoms. The molecule has 2 aromatic rings. The number of hydrogen-bond donors (Lipinski definition) is 1. The number of nitrogens with one attached hydrogen (secondary N) is 1. The van der Waals surface area contributed by atoms with Crippen LogP contribution in [-0.2, 0) is 5.54 Å². The van der Waals surface area contributed by atoms with Gasteiger partial charge in [-0.25, -0.2) is 0 Å². The Bertz CT molecular complexity index is 735. The van der Waals surface area contributed by atoms with Crippen LogP contribution in [0.1, 0.15) is 37.3 Å². The van der Waals surface area contributed by atoms with Crippen molar-refractivity contribution in [2.45, 2.75) is 31.7 Å². The molecule has 0 fully saturated rings. The number of amidine groups is 1. The smallest absolute Gasteiger partial charge is 0.253 e. The maximum absolute atomic E-state index is 5.47. The molecule has 23 heavy (non-hydrogen) atoms. The van der Waals surface area contributed by atoms with Crippen LogP contribution in [0.2, 0.25) is 0 Å². The van der Waals surface area contributed by atoms with Crippen molar-refractivity contribution < 1.29 is 4.99 Å². The predicted molar refractivity (Wildman–Crippen MR) is 100 cm³/mol. The van der Waals surface area contributed by atoms with Gasteiger partial charge in [-0.05, 0) is 11.4 Å². The van der Waals surface area contributed by atoms with E-state index in [1.54, 1.807) is 0 Å². The molecule has 0 spiro atoms. The third kappa shape index (κ3) is 3.02. The van der Waals surface area contributed by atoms with Crippen molar-refractivity contribution in [2.24, 2.45) is 4.99 Å². The van der Waals surface area contributed by atoms with Gasteiger partial charge in [0.05, 0.1) is 6.42 Å². The van der Waals surface area contributed by atoms with E-state index in [9.17, 15) is 0 Å². The molecule has 1 atom stereocenters. The molecule has 2 aromatic carbocycles. The van der Waals surface area contributed by atoms with Crippen LogP contribution in [-0.4, -0.2) is 16.9 Å². The van der Waals surface area contributed by atoms with Gasteiger partial charge in [-0.3, -0.25) is 4.99 Å². The van der Waals surface area contributed by atoms with Crippen molar-refractivity contribution in [3.05, 3.63) is 71.8 Å². The molecule has 116 valence electrons. The minimum Gasteiger partial charge on any atom is -0.253 e. The van der Waals surface area contributed by atoms with Gasteiger partial charge in [0.15, 0.2) is 0 Å². The first-order chi connectivity index (χ1) is 11.3. The highest BCUT2D eigenvalue weighted by molar-refractivity contribution is 7.79. The van der Waals surface area contributed by atoms with Crippen molar-refractivity contribution in [1.29, 1.82) is 0 Å². The van der Waals surface area contributed by atoms with E-state index in [4.69, 9.17) is 17.2 Å². The fourth-order valence-corrected chi connectivity index (χ4v) is 3.26. The second-order valence-corrected chi connectivity index (χ2v) is 6.03. The van der Waals surface area contributed by atoms with Crippen LogP contribution in [0.15, 0.2) is 65.7 Å². The van der Waals surface area contributed by atoms with Gasteiger partial charge < -0.3 is 0 Å². The summed E-state index contributed by atoms with van der Waals surface area (Å²) < 4.78 is 0. The lowest BCUT2D eigenvalue weighted by atomic mass is 9.84. The number of benzene rings is 2. The van der Waals surface area contributed by atoms with Gasteiger partial charge >= 0.3 is 0 Å². The average molecular weight is 321 g/mol. The van der Waals surface area contributed by atoms with Gasteiger partial charge in [-0.15, -0.1) is 0 Å². The summed E-state index contributed by atoms with van der Waals surface area (Å²) in [4.78, 5) is 8.53. The Balaban J connectivity index is 2.12. The quantitative estimate of drug-likeness (QED) is 0.813. The maximum atomic E-state index is 5.47. The number of hydrogen-bond acceptors (Lipinski definition) is 2. The van der Waals surface area contributed by atoms with E-state index < -0.39 is 5.54 Å². The Labute approximate surface area is 143 Å². The van der Waals surface area contributed by atoms with Gasteiger partial charge in [0.25, 0.3) is 5.84 Å². The topological polar surface area (TPSA) is 26.3 Å². The lowest BCUT2D eigenvalue weighted by molar-refractivity contribution is -0.509. The number of unbranched alkanes of at least 4 members (excludes halogenated alkanes) is 1. The Morgan fingerprint density at radius 3 is 2.30 bits per heavy atom. The summed E-state index contributed by atoms with van der Waals surface area (Å²) in [5.74, 6) is 1.02. The number of rotatable bonds is 6. The fraction of sp³-hybridized carbons (Fsp3) is 0.250. The molecule has 0 bridgehead atoms. The number of aliphatic imine (C=N–C) groups is 1. The zero-order valence-electron chi connectivity index (χ0n) is 13.3. The molecule has 1 N–H and O–H groups in total. The van der Waals surface area contributed by atoms with Crippen LogP contribution in [0.25, 0.3) is 0 Å². The Kier molecular flexibility index (Phi) is 4.77. The number of nitrogens with zero attached hydrogens (tertiary/aromatic N) is 1. The first-order valence-electron chi connectivity index (χ1n) is 8.10. The molecule has 1 unspecified atom stereocenters. The highest BCUT2D eigenvalue weighted by atomic mass is 32.1. The average Bonchev–Trinajstić information content (AvgIpc) is 3.01. The van der Waals surface area contributed by atoms with Gasteiger partial charge in [0, 0.05) is 16.5 Å². The second kappa shape index (κ2) is 6.97. The third-order valence-corrected chi connectivity index (χ3v) is 4.54. The Hall–Kier alpha value is -2.13. The van der Waals surface area contributed by atoms with Crippen molar-refractivity contribution >= 4 is 29.1 Å². The maximum Gasteiger partial charge on any atom is 0.293 e. The van der Waals surface area contributed by atoms with Crippen molar-refractivity contribution in [3.63, 3.8) is 0 Å². The fourth-order valence-electron chi connectivity index (χ4n) is 2.95. The zero-order valence-corrected chi connectivity index (χ0v) is 14.1. The first kappa shape index (κ1) is 15.8. The Morgan fingerprint density at radius 1 is 1.04 bits per heavy atom. The van der Waals surface area contributed by atoms with Crippen molar-refractivity contribution in [1.82, 2.24) is 0 Å². The molecule has 0 radical (unpaired) electrons. The van der Waals surface area contributed by atoms with E-state index in [0.29, 0.717) is 0 Å². The zero-order chi connectivity index (χ0) is 16.1. The molecular formula is C20H21N2S+. The first-order valence-corrected chi connectivity index (χ1v) is 8.58. The molecule has 1 heterocycles. The van der Waals surface area contributed by atoms with Gasteiger partial charge in [-0.1, -0.05) is 86.2 Å². The highest BCUT2D eigenvalue weighted by Crippen LogP contribution is 2.24. The van der Waals surface area contributed by atoms with E-state index in [2.05, 4.69) is 36.2 Å². The van der Waals surface area contributed by atoms with Crippen LogP contribution in [0.5, 0.6) is 0 Å². The summed E-state index contributed by atoms with van der Waals surface area (Å²) in [5, 5.41) is 1.81. The summed E-state index contributed by atoms with van der Waals surface area (Å²) in [6.07, 6.45) is 3.22. The van der Waals surface area contributed by atoms with Gasteiger partial charge in [-0.2, -0.15) is 0 Å². The van der Waals surface area contributed by atoms with Crippen LogP contribution < -0.4 is 4.99 Å². The monoisotopic (exact) mass is 321 g/mol. The van der Waals surface area contributed by atoms with Gasteiger partial charge in [0.1, 0.15) is 0 Å². The summed E-state index contributed by atoms with van der Waals surface area (Å²) in [5.41, 5.74) is 2.70. The summed E-state index contributed by atoms with van der Waals surface area (Å²) in [6.45, 7) is 2.20. The summed E-state index contributed by atoms with van der Waals surface area (Å²) in [6, 6.07) is 20.6. The molecule has 3 rings (SSSR count). The molecule has 0 aliphatic carbocycles. The van der Waals surface area contributed by atoms with Gasteiger partial charge in [0.2, 0.25) is 11.3 Å². The lowest BCUT2D eigenvalue weighted by Crippen LogP contribution is -2.85. The molecule has 0 saturated carbocycles. The van der Waals surface area contributed by atoms with E-state index in [-0.39, 0.29) is 0 Å². The van der Waals surface area contributed by atoms with Crippen LogP contribution in [0.3, 0.4) is 0 Å². The minimum atomic E-state index is -0.527. The van der Waals surface area contributed by atoms with E-state index >= 15 is 0 Å². The SMILES string of the molecule is CCCCC1=[NH+]C(C=S)(c2ccccc2)C(c2ccccc2)=N1. The van der Waals surface area contributed by atoms with Crippen molar-refractivity contribution in [3.8, 4) is 0 Å². The summed E-state index contributed by atoms with van der Waals surface area (Å²) >= 11 is 5.47. The van der Waals surface area contributed by atoms with Crippen molar-refractivity contribution in [2.75, 3.05) is 0 Å². The van der Waals surface area contributed by atoms with E-state index in [1.165, 1.54) is 0 Å². The van der Waals surface area contributed by atoms with E-state index in [1.807, 2.05) is 41.8 Å². The molecule has 2 nitrogen and oxygen atoms in total. The molecular weight excluding hydrogens is 300 g/mol. The predicted octanol–water partition coefficient (Wildman–Crippen LogP) is 3.05. The summed E-state index contributed by atoms with van der Waals surface area (Å²) in [7, 11) is 0. The molecule has 1 aliphatic rings. The van der Waals surface area contributed by atoms with Crippen LogP contribution >= 0.6 is 12.2 Å². The van der Waals surface area contributed by atoms with Crippen LogP contribution in [0.4, 0.5) is 0 Å². The Morgan fingerprint density at radius 2 is 1.70 bits per heavy atom. The molecule has 0 saturated heterocycles. The van der Waals surface area contributed by atoms with E-state index in [0.717, 1.165) is 41.9 Å². The third-order valence-electron chi connectivity index (χ3n) is 4.18. The number of thiocarbonyl (C=S) groups is 1. The standard InChI is InChI=1S/C20H20N2S/c1-2-3-14-18-21-19(16-10-6-4-7-11-16)20(15-23,22-18)17-12-8-5-9-13-17/h4-13,15H,2-3,14H2,1H3/p+1. The highest BCUT2D eigenvalue weighted by Gasteiger charge is 2.47. The largest absolute Gasteiger partial charge is 0.293 e. The lowest BCUT2D eigenvalue weighted by Gasteiger charge is -2.19. The normalized spacial score (nSPS) is 20.0. The minimum absolute atomic E-state index is 0.527.